The monoisotopic (exact) mass is 311 g/mol. The van der Waals surface area contributed by atoms with Crippen LogP contribution in [0.25, 0.3) is 0 Å². The molecule has 5 nitrogen and oxygen atoms in total. The quantitative estimate of drug-likeness (QED) is 0.799. The zero-order chi connectivity index (χ0) is 15.6. The molecule has 1 saturated heterocycles. The van der Waals surface area contributed by atoms with Crippen molar-refractivity contribution in [3.63, 3.8) is 0 Å². The maximum absolute atomic E-state index is 12.8. The van der Waals surface area contributed by atoms with Crippen molar-refractivity contribution in [1.29, 1.82) is 0 Å². The number of carbonyl (C=O) groups is 1. The Morgan fingerprint density at radius 3 is 2.76 bits per heavy atom. The highest BCUT2D eigenvalue weighted by atomic mass is 32.2. The predicted molar refractivity (Wildman–Crippen MR) is 79.8 cm³/mol. The summed E-state index contributed by atoms with van der Waals surface area (Å²) in [5, 5.41) is 0. The number of rotatable bonds is 4. The van der Waals surface area contributed by atoms with Gasteiger partial charge >= 0.3 is 0 Å². The second kappa shape index (κ2) is 6.25. The number of hydrogen-bond acceptors (Lipinski definition) is 4. The molecule has 21 heavy (non-hydrogen) atoms. The first-order valence-electron chi connectivity index (χ1n) is 7.10. The topological polar surface area (TPSA) is 63.7 Å². The maximum atomic E-state index is 12.8. The van der Waals surface area contributed by atoms with Gasteiger partial charge < -0.3 is 4.74 Å². The molecule has 0 amide bonds. The van der Waals surface area contributed by atoms with E-state index in [1.54, 1.807) is 12.1 Å². The van der Waals surface area contributed by atoms with Crippen LogP contribution in [0.15, 0.2) is 29.2 Å². The average Bonchev–Trinajstić information content (AvgIpc) is 2.47. The van der Waals surface area contributed by atoms with Crippen LogP contribution in [-0.2, 0) is 14.8 Å². The molecule has 0 saturated carbocycles. The fourth-order valence-electron chi connectivity index (χ4n) is 2.44. The molecule has 6 heteroatoms. The van der Waals surface area contributed by atoms with Crippen LogP contribution in [0.3, 0.4) is 0 Å². The van der Waals surface area contributed by atoms with Gasteiger partial charge in [0.2, 0.25) is 10.0 Å². The molecule has 1 heterocycles. The first-order valence-corrected chi connectivity index (χ1v) is 8.54. The number of nitrogens with zero attached hydrogens (tertiary/aromatic N) is 1. The van der Waals surface area contributed by atoms with Gasteiger partial charge in [0.25, 0.3) is 0 Å². The number of morpholine rings is 1. The van der Waals surface area contributed by atoms with Crippen LogP contribution in [0.4, 0.5) is 0 Å². The lowest BCUT2D eigenvalue weighted by Gasteiger charge is -2.37. The molecule has 1 fully saturated rings. The van der Waals surface area contributed by atoms with Crippen molar-refractivity contribution >= 4 is 15.8 Å². The Bertz CT molecular complexity index is 626. The highest BCUT2D eigenvalue weighted by Crippen LogP contribution is 2.24. The largest absolute Gasteiger partial charge is 0.375 e. The van der Waals surface area contributed by atoms with Crippen LogP contribution in [0.5, 0.6) is 0 Å². The number of hydrogen-bond donors (Lipinski definition) is 0. The first kappa shape index (κ1) is 16.1. The summed E-state index contributed by atoms with van der Waals surface area (Å²) in [5.41, 5.74) is 0.408. The van der Waals surface area contributed by atoms with Gasteiger partial charge in [-0.2, -0.15) is 4.31 Å². The molecule has 116 valence electrons. The smallest absolute Gasteiger partial charge is 0.243 e. The standard InChI is InChI=1S/C15H21NO4S/c1-4-14-10-20-11(2)9-16(14)21(18,19)15-7-5-6-13(8-15)12(3)17/h5-8,11,14H,4,9-10H2,1-3H3/t11-,14+/m0/s1. The molecule has 0 N–H and O–H groups in total. The summed E-state index contributed by atoms with van der Waals surface area (Å²) in [6, 6.07) is 6.06. The lowest BCUT2D eigenvalue weighted by molar-refractivity contribution is -0.0230. The molecular formula is C15H21NO4S. The highest BCUT2D eigenvalue weighted by molar-refractivity contribution is 7.89. The van der Waals surface area contributed by atoms with Crippen LogP contribution in [0, 0.1) is 0 Å². The fourth-order valence-corrected chi connectivity index (χ4v) is 4.25. The van der Waals surface area contributed by atoms with Gasteiger partial charge in [-0.15, -0.1) is 0 Å². The average molecular weight is 311 g/mol. The third kappa shape index (κ3) is 3.33. The van der Waals surface area contributed by atoms with E-state index in [-0.39, 0.29) is 22.8 Å². The van der Waals surface area contributed by atoms with Crippen molar-refractivity contribution in [2.24, 2.45) is 0 Å². The summed E-state index contributed by atoms with van der Waals surface area (Å²) in [7, 11) is -3.61. The van der Waals surface area contributed by atoms with E-state index in [4.69, 9.17) is 4.74 Å². The van der Waals surface area contributed by atoms with E-state index < -0.39 is 10.0 Å². The Hall–Kier alpha value is -1.24. The van der Waals surface area contributed by atoms with Crippen molar-refractivity contribution in [2.75, 3.05) is 13.2 Å². The highest BCUT2D eigenvalue weighted by Gasteiger charge is 2.35. The van der Waals surface area contributed by atoms with Crippen LogP contribution in [0.1, 0.15) is 37.6 Å². The molecule has 0 aromatic heterocycles. The molecular weight excluding hydrogens is 290 g/mol. The Kier molecular flexibility index (Phi) is 4.81. The number of ketones is 1. The molecule has 1 aromatic rings. The van der Waals surface area contributed by atoms with Gasteiger partial charge in [0.05, 0.1) is 17.6 Å². The summed E-state index contributed by atoms with van der Waals surface area (Å²) >= 11 is 0. The summed E-state index contributed by atoms with van der Waals surface area (Å²) in [6.45, 7) is 5.98. The molecule has 0 spiro atoms. The Labute approximate surface area is 126 Å². The summed E-state index contributed by atoms with van der Waals surface area (Å²) in [5.74, 6) is -0.144. The summed E-state index contributed by atoms with van der Waals surface area (Å²) in [6.07, 6.45) is 0.566. The van der Waals surface area contributed by atoms with E-state index >= 15 is 0 Å². The maximum Gasteiger partial charge on any atom is 0.243 e. The van der Waals surface area contributed by atoms with E-state index in [2.05, 4.69) is 0 Å². The Morgan fingerprint density at radius 2 is 2.14 bits per heavy atom. The molecule has 0 unspecified atom stereocenters. The minimum absolute atomic E-state index is 0.126. The molecule has 1 aliphatic heterocycles. The van der Waals surface area contributed by atoms with Crippen LogP contribution in [-0.4, -0.2) is 43.8 Å². The molecule has 1 aromatic carbocycles. The van der Waals surface area contributed by atoms with E-state index in [1.165, 1.54) is 23.4 Å². The van der Waals surface area contributed by atoms with Gasteiger partial charge in [-0.1, -0.05) is 19.1 Å². The molecule has 0 radical (unpaired) electrons. The number of ether oxygens (including phenoxy) is 1. The van der Waals surface area contributed by atoms with E-state index in [9.17, 15) is 13.2 Å². The van der Waals surface area contributed by atoms with Crippen molar-refractivity contribution in [3.8, 4) is 0 Å². The number of benzene rings is 1. The van der Waals surface area contributed by atoms with Gasteiger partial charge in [-0.3, -0.25) is 4.79 Å². The summed E-state index contributed by atoms with van der Waals surface area (Å²) in [4.78, 5) is 11.6. The van der Waals surface area contributed by atoms with E-state index in [1.807, 2.05) is 13.8 Å². The van der Waals surface area contributed by atoms with Gasteiger partial charge in [-0.05, 0) is 32.4 Å². The van der Waals surface area contributed by atoms with Crippen molar-refractivity contribution in [1.82, 2.24) is 4.31 Å². The van der Waals surface area contributed by atoms with Gasteiger partial charge in [0, 0.05) is 18.2 Å². The third-order valence-electron chi connectivity index (χ3n) is 3.74. The number of sulfonamides is 1. The van der Waals surface area contributed by atoms with Crippen LogP contribution >= 0.6 is 0 Å². The van der Waals surface area contributed by atoms with Gasteiger partial charge in [-0.25, -0.2) is 8.42 Å². The fraction of sp³-hybridized carbons (Fsp3) is 0.533. The SMILES string of the molecule is CC[C@@H]1CO[C@@H](C)CN1S(=O)(=O)c1cccc(C(C)=O)c1. The van der Waals surface area contributed by atoms with Crippen molar-refractivity contribution in [2.45, 2.75) is 44.2 Å². The minimum atomic E-state index is -3.61. The molecule has 2 rings (SSSR count). The van der Waals surface area contributed by atoms with Crippen LogP contribution < -0.4 is 0 Å². The normalized spacial score (nSPS) is 24.0. The van der Waals surface area contributed by atoms with Crippen LogP contribution in [0.2, 0.25) is 0 Å². The second-order valence-electron chi connectivity index (χ2n) is 5.36. The number of Topliss-reactive ketones (excluding diaryl/α,β-unsaturated/α-hetero) is 1. The van der Waals surface area contributed by atoms with Gasteiger partial charge in [0.15, 0.2) is 5.78 Å². The molecule has 2 atom stereocenters. The minimum Gasteiger partial charge on any atom is -0.375 e. The lowest BCUT2D eigenvalue weighted by atomic mass is 10.2. The van der Waals surface area contributed by atoms with Gasteiger partial charge in [0.1, 0.15) is 0 Å². The van der Waals surface area contributed by atoms with Crippen molar-refractivity contribution < 1.29 is 17.9 Å². The molecule has 0 bridgehead atoms. The number of carbonyl (C=O) groups excluding carboxylic acids is 1. The van der Waals surface area contributed by atoms with E-state index in [0.717, 1.165) is 0 Å². The third-order valence-corrected chi connectivity index (χ3v) is 5.65. The molecule has 0 aliphatic carbocycles. The van der Waals surface area contributed by atoms with E-state index in [0.29, 0.717) is 25.1 Å². The Balaban J connectivity index is 2.40. The first-order chi connectivity index (χ1) is 9.86. The summed E-state index contributed by atoms with van der Waals surface area (Å²) < 4.78 is 32.7. The zero-order valence-corrected chi connectivity index (χ0v) is 13.4. The Morgan fingerprint density at radius 1 is 1.43 bits per heavy atom. The van der Waals surface area contributed by atoms with Crippen molar-refractivity contribution in [3.05, 3.63) is 29.8 Å². The second-order valence-corrected chi connectivity index (χ2v) is 7.26. The lowest BCUT2D eigenvalue weighted by Crippen LogP contribution is -2.51. The molecule has 1 aliphatic rings. The predicted octanol–water partition coefficient (Wildman–Crippen LogP) is 2.08. The zero-order valence-electron chi connectivity index (χ0n) is 12.6.